The summed E-state index contributed by atoms with van der Waals surface area (Å²) in [5.41, 5.74) is 21.8. The number of nitrogens with zero attached hydrogens (tertiary/aromatic N) is 2. The van der Waals surface area contributed by atoms with E-state index in [1.54, 1.807) is 0 Å². The maximum atomic E-state index is 2.54. The second-order valence-corrected chi connectivity index (χ2v) is 26.9. The lowest BCUT2D eigenvalue weighted by molar-refractivity contribution is 0.645. The summed E-state index contributed by atoms with van der Waals surface area (Å²) < 4.78 is 0. The molecule has 0 radical (unpaired) electrons. The van der Waals surface area contributed by atoms with Gasteiger partial charge in [0, 0.05) is 44.4 Å². The molecule has 0 unspecified atom stereocenters. The van der Waals surface area contributed by atoms with Crippen molar-refractivity contribution in [1.82, 2.24) is 0 Å². The van der Waals surface area contributed by atoms with Gasteiger partial charge in [0.1, 0.15) is 0 Å². The molecule has 0 aromatic heterocycles. The molecule has 0 spiro atoms. The molecule has 0 atom stereocenters. The van der Waals surface area contributed by atoms with Crippen molar-refractivity contribution in [2.75, 3.05) is 9.80 Å². The van der Waals surface area contributed by atoms with E-state index in [1.807, 2.05) is 0 Å². The van der Waals surface area contributed by atoms with Crippen LogP contribution >= 0.6 is 0 Å². The smallest absolute Gasteiger partial charge is 0.0540 e. The van der Waals surface area contributed by atoms with Crippen LogP contribution in [-0.4, -0.2) is 9.52 Å². The molecule has 2 nitrogen and oxygen atoms in total. The van der Waals surface area contributed by atoms with Crippen molar-refractivity contribution in [2.24, 2.45) is 0 Å². The fourth-order valence-corrected chi connectivity index (χ4v) is 16.4. The topological polar surface area (TPSA) is 6.48 Å². The molecular weight excluding hydrogens is 1080 g/mol. The van der Waals surface area contributed by atoms with E-state index < -0.39 is 0 Å². The number of rotatable bonds is 9. The molecule has 15 aromatic carbocycles. The monoisotopic (exact) mass is 1140 g/mol. The first kappa shape index (κ1) is 52.0. The Bertz CT molecular complexity index is 5370. The van der Waals surface area contributed by atoms with Crippen molar-refractivity contribution in [2.45, 2.75) is 45.1 Å². The first-order valence-corrected chi connectivity index (χ1v) is 33.3. The van der Waals surface area contributed by atoms with Gasteiger partial charge in [0.2, 0.25) is 0 Å². The number of para-hydroxylation sites is 1. The molecule has 17 rings (SSSR count). The van der Waals surface area contributed by atoms with E-state index in [0.29, 0.717) is 0 Å². The Kier molecular flexibility index (Phi) is 11.7. The van der Waals surface area contributed by atoms with Gasteiger partial charge >= 0.3 is 0 Å². The summed E-state index contributed by atoms with van der Waals surface area (Å²) in [6.45, 7) is 12.0. The minimum atomic E-state index is -0.376. The summed E-state index contributed by atoms with van der Waals surface area (Å²) in [5, 5.41) is 16.2. The van der Waals surface area contributed by atoms with E-state index in [0.717, 1.165) is 34.1 Å². The van der Waals surface area contributed by atoms with E-state index >= 15 is 0 Å². The highest BCUT2D eigenvalue weighted by molar-refractivity contribution is 6.51. The zero-order valence-electron chi connectivity index (χ0n) is 50.2. The molecule has 0 aliphatic heterocycles. The summed E-state index contributed by atoms with van der Waals surface area (Å²) in [7, 11) is -0.376. The van der Waals surface area contributed by atoms with Crippen LogP contribution in [0.5, 0.6) is 0 Å². The lowest BCUT2D eigenvalue weighted by atomic mass is 9.67. The molecule has 0 N–H and O–H groups in total. The predicted molar refractivity (Wildman–Crippen MR) is 381 cm³/mol. The molecule has 0 bridgehead atoms. The molecule has 0 fully saturated rings. The third-order valence-corrected chi connectivity index (χ3v) is 21.3. The maximum absolute atomic E-state index is 2.54. The van der Waals surface area contributed by atoms with Crippen LogP contribution in [0.4, 0.5) is 34.1 Å². The zero-order valence-corrected chi connectivity index (χ0v) is 51.7. The Labute approximate surface area is 517 Å². The van der Waals surface area contributed by atoms with Crippen molar-refractivity contribution in [3.8, 4) is 44.5 Å². The first-order valence-electron chi connectivity index (χ1n) is 31.2. The Morgan fingerprint density at radius 3 is 1.12 bits per heavy atom. The zero-order chi connectivity index (χ0) is 59.0. The third-order valence-electron chi connectivity index (χ3n) is 20.0. The summed E-state index contributed by atoms with van der Waals surface area (Å²) in [4.78, 5) is 4.99. The van der Waals surface area contributed by atoms with E-state index in [-0.39, 0.29) is 20.3 Å². The largest absolute Gasteiger partial charge is 0.310 e. The lowest BCUT2D eigenvalue weighted by Gasteiger charge is -2.36. The second kappa shape index (κ2) is 19.9. The van der Waals surface area contributed by atoms with Crippen molar-refractivity contribution < 1.29 is 0 Å². The molecule has 0 heterocycles. The molecule has 15 aromatic rings. The van der Waals surface area contributed by atoms with Gasteiger partial charge in [-0.05, 0) is 181 Å². The first-order chi connectivity index (χ1) is 43.2. The Morgan fingerprint density at radius 2 is 0.636 bits per heavy atom. The van der Waals surface area contributed by atoms with Crippen molar-refractivity contribution in [3.63, 3.8) is 0 Å². The van der Waals surface area contributed by atoms with E-state index in [2.05, 4.69) is 329 Å². The SMILES string of the molecule is C[SiH2]c1ccc(N(c2ccc3c(-c4ccc5c6c(cccc46)C(C)(C)c4ccccc4-5)c4cc(N(c5ccccc5)c5cccc6ccccc56)ccc4c(-c4ccc5c6c(cccc46)C(C)(C)c4ccccc4-5)c3c2)c2cccc3ccccc23)cc1. The highest BCUT2D eigenvalue weighted by atomic mass is 28.2. The maximum Gasteiger partial charge on any atom is 0.0540 e. The van der Waals surface area contributed by atoms with Gasteiger partial charge in [-0.2, -0.15) is 0 Å². The van der Waals surface area contributed by atoms with E-state index in [1.165, 1.54) is 137 Å². The van der Waals surface area contributed by atoms with Gasteiger partial charge < -0.3 is 9.80 Å². The Morgan fingerprint density at radius 1 is 0.261 bits per heavy atom. The van der Waals surface area contributed by atoms with Crippen LogP contribution in [-0.2, 0) is 10.8 Å². The molecular formula is C85H64N2Si. The molecule has 2 aliphatic carbocycles. The molecule has 418 valence electrons. The number of anilines is 6. The summed E-state index contributed by atoms with van der Waals surface area (Å²) in [6.07, 6.45) is 0. The lowest BCUT2D eigenvalue weighted by Crippen LogP contribution is -2.23. The average molecular weight is 1140 g/mol. The van der Waals surface area contributed by atoms with Gasteiger partial charge in [0.05, 0.1) is 20.9 Å². The van der Waals surface area contributed by atoms with Crippen LogP contribution in [0.1, 0.15) is 49.9 Å². The quantitative estimate of drug-likeness (QED) is 0.105. The van der Waals surface area contributed by atoms with Crippen LogP contribution in [0.15, 0.2) is 285 Å². The van der Waals surface area contributed by atoms with Crippen LogP contribution in [0.25, 0.3) is 109 Å². The number of benzene rings is 15. The van der Waals surface area contributed by atoms with Gasteiger partial charge in [-0.1, -0.05) is 264 Å². The van der Waals surface area contributed by atoms with Crippen molar-refractivity contribution in [1.29, 1.82) is 0 Å². The fraction of sp³-hybridized carbons (Fsp3) is 0.0824. The van der Waals surface area contributed by atoms with Crippen LogP contribution < -0.4 is 15.0 Å². The molecule has 0 saturated carbocycles. The van der Waals surface area contributed by atoms with Crippen LogP contribution in [0, 0.1) is 0 Å². The van der Waals surface area contributed by atoms with Gasteiger partial charge in [-0.25, -0.2) is 0 Å². The Hall–Kier alpha value is -10.3. The number of fused-ring (bicyclic) bond motifs is 8. The van der Waals surface area contributed by atoms with Crippen molar-refractivity contribution in [3.05, 3.63) is 307 Å². The van der Waals surface area contributed by atoms with Gasteiger partial charge in [0.25, 0.3) is 0 Å². The summed E-state index contributed by atoms with van der Waals surface area (Å²) >= 11 is 0. The molecule has 3 heteroatoms. The minimum absolute atomic E-state index is 0.223. The molecule has 0 amide bonds. The van der Waals surface area contributed by atoms with Crippen molar-refractivity contribution >= 4 is 113 Å². The molecule has 88 heavy (non-hydrogen) atoms. The van der Waals surface area contributed by atoms with E-state index in [9.17, 15) is 0 Å². The van der Waals surface area contributed by atoms with Crippen LogP contribution in [0.2, 0.25) is 6.55 Å². The molecule has 2 aliphatic rings. The summed E-state index contributed by atoms with van der Waals surface area (Å²) in [6, 6.07) is 108. The van der Waals surface area contributed by atoms with Gasteiger partial charge in [0.15, 0.2) is 0 Å². The summed E-state index contributed by atoms with van der Waals surface area (Å²) in [5.74, 6) is 0. The minimum Gasteiger partial charge on any atom is -0.310 e. The van der Waals surface area contributed by atoms with Gasteiger partial charge in [-0.15, -0.1) is 0 Å². The second-order valence-electron chi connectivity index (χ2n) is 25.4. The normalized spacial score (nSPS) is 13.6. The standard InChI is InChI=1S/C85H64N2Si/c1-84(2)74-33-15-13-29-62(74)66-47-49-68(64-31-19-35-76(84)82(64)66)80-71-46-42-58(87(56-39-43-59(88-5)44-40-56)79-38-18-24-54-22-10-12-28-61(54)79)52-73(71)81(69-50-48-67-63-30-14-16-34-75(63)85(3,4)77-36-20-32-65(69)83(67)77)70-45-41-57(51-72(70)80)86(55-25-7-6-8-26-55)78-37-17-23-53-21-9-11-27-60(53)78/h6-52H,88H2,1-5H3. The Balaban J connectivity index is 1.05. The predicted octanol–water partition coefficient (Wildman–Crippen LogP) is 22.3. The average Bonchev–Trinajstić information content (AvgIpc) is 0.943. The van der Waals surface area contributed by atoms with Gasteiger partial charge in [-0.3, -0.25) is 0 Å². The van der Waals surface area contributed by atoms with Crippen LogP contribution in [0.3, 0.4) is 0 Å². The third kappa shape index (κ3) is 7.73. The fourth-order valence-electron chi connectivity index (χ4n) is 15.7. The highest BCUT2D eigenvalue weighted by Crippen LogP contribution is 2.57. The van der Waals surface area contributed by atoms with E-state index in [4.69, 9.17) is 0 Å². The molecule has 0 saturated heterocycles. The highest BCUT2D eigenvalue weighted by Gasteiger charge is 2.36. The number of hydrogen-bond donors (Lipinski definition) is 0. The number of hydrogen-bond acceptors (Lipinski definition) is 2.